The lowest BCUT2D eigenvalue weighted by atomic mass is 9.90. The van der Waals surface area contributed by atoms with Crippen LogP contribution < -0.4 is 15.0 Å². The van der Waals surface area contributed by atoms with Crippen LogP contribution >= 0.6 is 11.6 Å². The van der Waals surface area contributed by atoms with Crippen LogP contribution in [0.25, 0.3) is 27.9 Å². The zero-order chi connectivity index (χ0) is 44.9. The Kier molecular flexibility index (Phi) is 13.4. The number of rotatable bonds is 14. The largest absolute Gasteiger partial charge is 0.488 e. The Morgan fingerprint density at radius 2 is 1.42 bits per heavy atom. The van der Waals surface area contributed by atoms with E-state index < -0.39 is 24.0 Å². The SMILES string of the molecule is Cc1c(COc2cc(OCc3cncc(C#N)c3)c(CN3CCCC[C@@H]3C(=O)O)cc2Cl)cccc1-c1cccc(-c2ccn3c(=O)c(CN4CCCC[C@H]4C(=O)O)cnc3c2)c1C. The Hall–Kier alpha value is -6.59. The van der Waals surface area contributed by atoms with E-state index >= 15 is 0 Å². The molecule has 0 radical (unpaired) electrons. The number of aliphatic carboxylic acids is 2. The maximum Gasteiger partial charge on any atom is 0.320 e. The van der Waals surface area contributed by atoms with Gasteiger partial charge in [0.1, 0.15) is 48.5 Å². The summed E-state index contributed by atoms with van der Waals surface area (Å²) >= 11 is 6.91. The van der Waals surface area contributed by atoms with Gasteiger partial charge in [0.2, 0.25) is 0 Å². The Morgan fingerprint density at radius 3 is 2.12 bits per heavy atom. The normalized spacial score (nSPS) is 16.9. The van der Waals surface area contributed by atoms with Crippen LogP contribution in [0, 0.1) is 25.2 Å². The Bertz CT molecular complexity index is 2840. The highest BCUT2D eigenvalue weighted by Gasteiger charge is 2.31. The zero-order valence-electron chi connectivity index (χ0n) is 35.8. The van der Waals surface area contributed by atoms with Crippen molar-refractivity contribution in [2.75, 3.05) is 13.1 Å². The highest BCUT2D eigenvalue weighted by Crippen LogP contribution is 2.38. The third-order valence-corrected chi connectivity index (χ3v) is 12.8. The topological polar surface area (TPSA) is 171 Å². The van der Waals surface area contributed by atoms with E-state index in [0.717, 1.165) is 70.2 Å². The number of aromatic nitrogens is 3. The summed E-state index contributed by atoms with van der Waals surface area (Å²) in [7, 11) is 0. The molecule has 2 aliphatic heterocycles. The first-order valence-electron chi connectivity index (χ1n) is 21.5. The summed E-state index contributed by atoms with van der Waals surface area (Å²) < 4.78 is 14.3. The molecular formula is C50H49ClN6O7. The molecule has 5 heterocycles. The van der Waals surface area contributed by atoms with Crippen molar-refractivity contribution in [3.05, 3.63) is 146 Å². The van der Waals surface area contributed by atoms with Crippen molar-refractivity contribution in [2.24, 2.45) is 0 Å². The van der Waals surface area contributed by atoms with Crippen molar-refractivity contribution in [3.63, 3.8) is 0 Å². The van der Waals surface area contributed by atoms with Gasteiger partial charge in [0.05, 0.1) is 16.1 Å². The standard InChI is InChI=1S/C50H49ClN6O7/c1-31-36(30-64-46-22-45(63-29-34-19-33(23-52)24-53-25-34)37(20-42(46)51)27-55-16-5-3-13-43(55)49(59)60)9-7-11-40(31)41-12-8-10-39(32(41)2)35-15-18-57-47(21-35)54-26-38(48(57)58)28-56-17-6-4-14-44(56)50(61)62/h7-12,15,18-22,24-26,43-44H,3-6,13-14,16-17,27-30H2,1-2H3,(H,59,60)(H,61,62)/t43-,44+/m1/s1. The number of carbonyl (C=O) groups is 2. The average Bonchev–Trinajstić information content (AvgIpc) is 3.30. The number of nitrogens with zero attached hydrogens (tertiary/aromatic N) is 6. The minimum Gasteiger partial charge on any atom is -0.488 e. The number of hydrogen-bond acceptors (Lipinski definition) is 10. The van der Waals surface area contributed by atoms with Crippen molar-refractivity contribution in [2.45, 2.75) is 90.8 Å². The van der Waals surface area contributed by atoms with Crippen molar-refractivity contribution < 1.29 is 29.3 Å². The molecule has 0 aliphatic carbocycles. The smallest absolute Gasteiger partial charge is 0.320 e. The molecule has 0 amide bonds. The Balaban J connectivity index is 1.03. The number of nitriles is 1. The number of halogens is 1. The minimum atomic E-state index is -0.864. The third kappa shape index (κ3) is 9.50. The number of piperidine rings is 2. The molecular weight excluding hydrogens is 832 g/mol. The van der Waals surface area contributed by atoms with Crippen molar-refractivity contribution >= 4 is 29.2 Å². The fraction of sp³-hybridized carbons (Fsp3) is 0.320. The average molecular weight is 881 g/mol. The van der Waals surface area contributed by atoms with Crippen LogP contribution in [-0.2, 0) is 35.9 Å². The molecule has 2 N–H and O–H groups in total. The summed E-state index contributed by atoms with van der Waals surface area (Å²) in [6.07, 6.45) is 11.1. The molecule has 3 aromatic heterocycles. The second-order valence-electron chi connectivity index (χ2n) is 16.6. The van der Waals surface area contributed by atoms with Gasteiger partial charge < -0.3 is 19.7 Å². The van der Waals surface area contributed by atoms with Gasteiger partial charge in [0.15, 0.2) is 0 Å². The van der Waals surface area contributed by atoms with Crippen LogP contribution in [0.2, 0.25) is 5.02 Å². The maximum atomic E-state index is 13.6. The molecule has 328 valence electrons. The highest BCUT2D eigenvalue weighted by atomic mass is 35.5. The number of pyridine rings is 2. The molecule has 6 aromatic rings. The van der Waals surface area contributed by atoms with Gasteiger partial charge >= 0.3 is 11.9 Å². The fourth-order valence-corrected chi connectivity index (χ4v) is 9.25. The van der Waals surface area contributed by atoms with E-state index in [1.165, 1.54) is 10.6 Å². The highest BCUT2D eigenvalue weighted by molar-refractivity contribution is 6.32. The maximum absolute atomic E-state index is 13.6. The quantitative estimate of drug-likeness (QED) is 0.107. The molecule has 0 spiro atoms. The van der Waals surface area contributed by atoms with Crippen molar-refractivity contribution in [1.82, 2.24) is 24.2 Å². The number of benzene rings is 3. The predicted molar refractivity (Wildman–Crippen MR) is 242 cm³/mol. The number of ether oxygens (including phenoxy) is 2. The third-order valence-electron chi connectivity index (χ3n) is 12.5. The number of carboxylic acids is 2. The van der Waals surface area contributed by atoms with Gasteiger partial charge in [0.25, 0.3) is 5.56 Å². The van der Waals surface area contributed by atoms with Crippen LogP contribution in [0.3, 0.4) is 0 Å². The first-order valence-corrected chi connectivity index (χ1v) is 21.9. The summed E-state index contributed by atoms with van der Waals surface area (Å²) in [4.78, 5) is 50.2. The Morgan fingerprint density at radius 1 is 0.766 bits per heavy atom. The van der Waals surface area contributed by atoms with Crippen molar-refractivity contribution in [1.29, 1.82) is 5.26 Å². The number of fused-ring (bicyclic) bond motifs is 1. The van der Waals surface area contributed by atoms with Crippen molar-refractivity contribution in [3.8, 4) is 39.8 Å². The summed E-state index contributed by atoms with van der Waals surface area (Å²) in [6, 6.07) is 22.2. The van der Waals surface area contributed by atoms with Gasteiger partial charge in [0, 0.05) is 55.1 Å². The molecule has 2 atom stereocenters. The zero-order valence-corrected chi connectivity index (χ0v) is 36.6. The molecule has 0 saturated carbocycles. The second kappa shape index (κ2) is 19.4. The monoisotopic (exact) mass is 880 g/mol. The van der Waals surface area contributed by atoms with Crippen LogP contribution in [0.5, 0.6) is 11.5 Å². The predicted octanol–water partition coefficient (Wildman–Crippen LogP) is 8.60. The molecule has 13 nitrogen and oxygen atoms in total. The molecule has 3 aromatic carbocycles. The summed E-state index contributed by atoms with van der Waals surface area (Å²) in [6.45, 7) is 6.30. The van der Waals surface area contributed by atoms with Gasteiger partial charge in [-0.2, -0.15) is 5.26 Å². The summed E-state index contributed by atoms with van der Waals surface area (Å²) in [5.41, 5.74) is 9.60. The van der Waals surface area contributed by atoms with Crippen LogP contribution in [0.4, 0.5) is 0 Å². The van der Waals surface area contributed by atoms with Gasteiger partial charge in [-0.3, -0.25) is 33.6 Å². The lowest BCUT2D eigenvalue weighted by Crippen LogP contribution is -2.45. The van der Waals surface area contributed by atoms with Gasteiger partial charge in [-0.05, 0) is 116 Å². The van der Waals surface area contributed by atoms with E-state index in [1.54, 1.807) is 36.8 Å². The summed E-state index contributed by atoms with van der Waals surface area (Å²) in [5, 5.41) is 29.5. The first-order chi connectivity index (χ1) is 31.0. The molecule has 0 bridgehead atoms. The van der Waals surface area contributed by atoms with Gasteiger partial charge in [-0.15, -0.1) is 0 Å². The Labute approximate surface area is 376 Å². The van der Waals surface area contributed by atoms with E-state index in [-0.39, 0.29) is 25.3 Å². The van der Waals surface area contributed by atoms with Crippen LogP contribution in [-0.4, -0.2) is 71.5 Å². The van der Waals surface area contributed by atoms with Gasteiger partial charge in [-0.25, -0.2) is 4.98 Å². The molecule has 14 heteroatoms. The fourth-order valence-electron chi connectivity index (χ4n) is 9.01. The van der Waals surface area contributed by atoms with Gasteiger partial charge in [-0.1, -0.05) is 60.8 Å². The molecule has 2 fully saturated rings. The number of likely N-dealkylation sites (tertiary alicyclic amines) is 2. The van der Waals surface area contributed by atoms with E-state index in [1.807, 2.05) is 40.1 Å². The van der Waals surface area contributed by atoms with E-state index in [2.05, 4.69) is 48.1 Å². The van der Waals surface area contributed by atoms with E-state index in [0.29, 0.717) is 71.3 Å². The number of hydrogen-bond donors (Lipinski definition) is 2. The lowest BCUT2D eigenvalue weighted by Gasteiger charge is -2.33. The number of carboxylic acid groups (broad SMARTS) is 2. The van der Waals surface area contributed by atoms with E-state index in [9.17, 15) is 29.9 Å². The molecule has 8 rings (SSSR count). The second-order valence-corrected chi connectivity index (χ2v) is 17.0. The van der Waals surface area contributed by atoms with Crippen LogP contribution in [0.15, 0.2) is 96.3 Å². The molecule has 2 saturated heterocycles. The molecule has 2 aliphatic rings. The molecule has 0 unspecified atom stereocenters. The molecule has 64 heavy (non-hydrogen) atoms. The first kappa shape index (κ1) is 44.0. The summed E-state index contributed by atoms with van der Waals surface area (Å²) in [5.74, 6) is -0.811. The lowest BCUT2D eigenvalue weighted by molar-refractivity contribution is -0.145. The minimum absolute atomic E-state index is 0.128. The van der Waals surface area contributed by atoms with E-state index in [4.69, 9.17) is 21.1 Å². The van der Waals surface area contributed by atoms with Crippen LogP contribution in [0.1, 0.15) is 77.5 Å².